The third-order valence-electron chi connectivity index (χ3n) is 2.91. The summed E-state index contributed by atoms with van der Waals surface area (Å²) in [6.07, 6.45) is 1.12. The molecule has 0 saturated carbocycles. The van der Waals surface area contributed by atoms with Crippen LogP contribution in [-0.4, -0.2) is 9.59 Å². The summed E-state index contributed by atoms with van der Waals surface area (Å²) in [6, 6.07) is 4.39. The first-order valence-electron chi connectivity index (χ1n) is 5.87. The number of nitrogens with one attached hydrogen (secondary N) is 1. The minimum absolute atomic E-state index is 0.246. The molecule has 19 heavy (non-hydrogen) atoms. The van der Waals surface area contributed by atoms with Gasteiger partial charge >= 0.3 is 0 Å². The lowest BCUT2D eigenvalue weighted by Gasteiger charge is -2.16. The molecule has 0 spiro atoms. The van der Waals surface area contributed by atoms with E-state index in [0.29, 0.717) is 17.0 Å². The minimum atomic E-state index is -0.330. The monoisotopic (exact) mass is 300 g/mol. The van der Waals surface area contributed by atoms with Crippen molar-refractivity contribution < 1.29 is 4.39 Å². The predicted octanol–water partition coefficient (Wildman–Crippen LogP) is 2.64. The molecule has 0 aliphatic carbocycles. The summed E-state index contributed by atoms with van der Waals surface area (Å²) in [5, 5.41) is 4.44. The van der Waals surface area contributed by atoms with Crippen LogP contribution in [0.15, 0.2) is 18.2 Å². The van der Waals surface area contributed by atoms with Crippen LogP contribution in [0.4, 0.5) is 4.39 Å². The van der Waals surface area contributed by atoms with Crippen LogP contribution < -0.4 is 11.3 Å². The van der Waals surface area contributed by atoms with E-state index < -0.39 is 0 Å². The van der Waals surface area contributed by atoms with Crippen LogP contribution in [0.3, 0.4) is 0 Å². The first kappa shape index (κ1) is 14.3. The predicted molar refractivity (Wildman–Crippen MR) is 74.5 cm³/mol. The van der Waals surface area contributed by atoms with Gasteiger partial charge in [-0.2, -0.15) is 0 Å². The standard InChI is InChI=1S/C12H14ClFN4S/c1-2-10-12(19-18-17-10)11(16-15)6-7-8(13)4-3-5-9(7)14/h3-5,11,16H,2,6,15H2,1H3. The Morgan fingerprint density at radius 1 is 1.53 bits per heavy atom. The van der Waals surface area contributed by atoms with E-state index in [1.807, 2.05) is 6.92 Å². The highest BCUT2D eigenvalue weighted by Gasteiger charge is 2.20. The molecule has 0 bridgehead atoms. The van der Waals surface area contributed by atoms with Crippen molar-refractivity contribution in [3.05, 3.63) is 45.2 Å². The Hall–Kier alpha value is -1.08. The molecule has 102 valence electrons. The van der Waals surface area contributed by atoms with Crippen LogP contribution in [0.1, 0.15) is 29.1 Å². The van der Waals surface area contributed by atoms with Crippen molar-refractivity contribution in [1.29, 1.82) is 0 Å². The summed E-state index contributed by atoms with van der Waals surface area (Å²) < 4.78 is 17.7. The van der Waals surface area contributed by atoms with Crippen LogP contribution in [0.2, 0.25) is 5.02 Å². The van der Waals surface area contributed by atoms with Crippen LogP contribution in [-0.2, 0) is 12.8 Å². The van der Waals surface area contributed by atoms with Crippen LogP contribution in [0, 0.1) is 5.82 Å². The zero-order valence-electron chi connectivity index (χ0n) is 10.4. The van der Waals surface area contributed by atoms with E-state index in [1.54, 1.807) is 12.1 Å². The van der Waals surface area contributed by atoms with Gasteiger partial charge in [0.1, 0.15) is 5.82 Å². The summed E-state index contributed by atoms with van der Waals surface area (Å²) >= 11 is 7.30. The third kappa shape index (κ3) is 3.09. The van der Waals surface area contributed by atoms with Crippen LogP contribution in [0.5, 0.6) is 0 Å². The van der Waals surface area contributed by atoms with Gasteiger partial charge in [-0.15, -0.1) is 5.10 Å². The van der Waals surface area contributed by atoms with E-state index in [0.717, 1.165) is 17.0 Å². The third-order valence-corrected chi connectivity index (χ3v) is 4.14. The molecular formula is C12H14ClFN4S. The first-order chi connectivity index (χ1) is 9.17. The van der Waals surface area contributed by atoms with Crippen molar-refractivity contribution in [3.8, 4) is 0 Å². The minimum Gasteiger partial charge on any atom is -0.271 e. The van der Waals surface area contributed by atoms with E-state index in [9.17, 15) is 4.39 Å². The van der Waals surface area contributed by atoms with Gasteiger partial charge in [0.2, 0.25) is 0 Å². The summed E-state index contributed by atoms with van der Waals surface area (Å²) in [4.78, 5) is 0.921. The molecular weight excluding hydrogens is 287 g/mol. The van der Waals surface area contributed by atoms with E-state index in [1.165, 1.54) is 17.6 Å². The molecule has 0 fully saturated rings. The van der Waals surface area contributed by atoms with E-state index in [2.05, 4.69) is 15.0 Å². The smallest absolute Gasteiger partial charge is 0.127 e. The number of hydrogen-bond donors (Lipinski definition) is 2. The molecule has 1 unspecified atom stereocenters. The zero-order chi connectivity index (χ0) is 13.8. The summed E-state index contributed by atoms with van der Waals surface area (Å²) in [5.74, 6) is 5.24. The number of halogens is 2. The Kier molecular flexibility index (Phi) is 4.81. The molecule has 1 atom stereocenters. The van der Waals surface area contributed by atoms with E-state index in [-0.39, 0.29) is 11.9 Å². The maximum Gasteiger partial charge on any atom is 0.127 e. The van der Waals surface area contributed by atoms with Gasteiger partial charge in [0.15, 0.2) is 0 Å². The molecule has 1 aromatic heterocycles. The van der Waals surface area contributed by atoms with Crippen molar-refractivity contribution in [2.45, 2.75) is 25.8 Å². The van der Waals surface area contributed by atoms with E-state index >= 15 is 0 Å². The van der Waals surface area contributed by atoms with Gasteiger partial charge in [0.25, 0.3) is 0 Å². The van der Waals surface area contributed by atoms with Gasteiger partial charge in [0.05, 0.1) is 16.6 Å². The first-order valence-corrected chi connectivity index (χ1v) is 7.02. The fourth-order valence-electron chi connectivity index (χ4n) is 1.88. The van der Waals surface area contributed by atoms with E-state index in [4.69, 9.17) is 17.4 Å². The maximum atomic E-state index is 13.8. The van der Waals surface area contributed by atoms with Crippen molar-refractivity contribution in [2.75, 3.05) is 0 Å². The van der Waals surface area contributed by atoms with Gasteiger partial charge in [0, 0.05) is 10.6 Å². The summed E-state index contributed by atoms with van der Waals surface area (Å²) in [5.41, 5.74) is 4.01. The average Bonchev–Trinajstić information content (AvgIpc) is 2.87. The second kappa shape index (κ2) is 6.38. The molecule has 0 amide bonds. The number of benzene rings is 1. The molecule has 0 aliphatic rings. The quantitative estimate of drug-likeness (QED) is 0.658. The van der Waals surface area contributed by atoms with Gasteiger partial charge in [-0.1, -0.05) is 29.1 Å². The topological polar surface area (TPSA) is 63.8 Å². The Bertz CT molecular complexity index is 540. The second-order valence-corrected chi connectivity index (χ2v) is 5.25. The molecule has 0 saturated heterocycles. The lowest BCUT2D eigenvalue weighted by Crippen LogP contribution is -2.30. The number of rotatable bonds is 5. The van der Waals surface area contributed by atoms with Gasteiger partial charge in [-0.3, -0.25) is 11.3 Å². The van der Waals surface area contributed by atoms with Crippen molar-refractivity contribution in [3.63, 3.8) is 0 Å². The van der Waals surface area contributed by atoms with Gasteiger partial charge in [-0.25, -0.2) is 4.39 Å². The Labute approximate surface area is 119 Å². The van der Waals surface area contributed by atoms with Gasteiger partial charge in [-0.05, 0) is 36.5 Å². The van der Waals surface area contributed by atoms with Gasteiger partial charge < -0.3 is 0 Å². The lowest BCUT2D eigenvalue weighted by molar-refractivity contribution is 0.532. The SMILES string of the molecule is CCc1nnsc1C(Cc1c(F)cccc1Cl)NN. The Morgan fingerprint density at radius 2 is 2.32 bits per heavy atom. The van der Waals surface area contributed by atoms with Crippen LogP contribution in [0.25, 0.3) is 0 Å². The number of nitrogens with two attached hydrogens (primary N) is 1. The fourth-order valence-corrected chi connectivity index (χ4v) is 2.92. The normalized spacial score (nSPS) is 12.6. The summed E-state index contributed by atoms with van der Waals surface area (Å²) in [7, 11) is 0. The van der Waals surface area contributed by atoms with Crippen LogP contribution >= 0.6 is 23.1 Å². The van der Waals surface area contributed by atoms with Crippen molar-refractivity contribution >= 4 is 23.1 Å². The number of hydrogen-bond acceptors (Lipinski definition) is 5. The van der Waals surface area contributed by atoms with Crippen molar-refractivity contribution in [1.82, 2.24) is 15.0 Å². The second-order valence-electron chi connectivity index (χ2n) is 4.06. The molecule has 1 aromatic carbocycles. The number of aromatic nitrogens is 2. The molecule has 3 N–H and O–H groups in total. The lowest BCUT2D eigenvalue weighted by atomic mass is 10.0. The molecule has 0 aliphatic heterocycles. The molecule has 1 heterocycles. The zero-order valence-corrected chi connectivity index (χ0v) is 11.9. The Morgan fingerprint density at radius 3 is 2.95 bits per heavy atom. The van der Waals surface area contributed by atoms with Crippen molar-refractivity contribution in [2.24, 2.45) is 5.84 Å². The molecule has 2 rings (SSSR count). The Balaban J connectivity index is 2.29. The fraction of sp³-hybridized carbons (Fsp3) is 0.333. The number of nitrogens with zero attached hydrogens (tertiary/aromatic N) is 2. The molecule has 7 heteroatoms. The number of hydrazine groups is 1. The molecule has 2 aromatic rings. The highest BCUT2D eigenvalue weighted by atomic mass is 35.5. The average molecular weight is 301 g/mol. The molecule has 4 nitrogen and oxygen atoms in total. The number of aryl methyl sites for hydroxylation is 1. The largest absolute Gasteiger partial charge is 0.271 e. The maximum absolute atomic E-state index is 13.8. The highest BCUT2D eigenvalue weighted by Crippen LogP contribution is 2.28. The molecule has 0 radical (unpaired) electrons. The summed E-state index contributed by atoms with van der Waals surface area (Å²) in [6.45, 7) is 1.99. The highest BCUT2D eigenvalue weighted by molar-refractivity contribution is 7.05.